The van der Waals surface area contributed by atoms with E-state index in [1.807, 2.05) is 30.3 Å². The number of ether oxygens (including phenoxy) is 1. The number of aliphatic hydroxyl groups is 1. The molecule has 6 heteroatoms. The van der Waals surface area contributed by atoms with Gasteiger partial charge in [-0.05, 0) is 12.0 Å². The summed E-state index contributed by atoms with van der Waals surface area (Å²) >= 11 is 0. The number of nitrogens with zero attached hydrogens (tertiary/aromatic N) is 1. The Bertz CT molecular complexity index is 687. The number of carbonyl (C=O) groups excluding carboxylic acids is 2. The Hall–Kier alpha value is -2.10. The molecule has 25 heavy (non-hydrogen) atoms. The Kier molecular flexibility index (Phi) is 6.04. The van der Waals surface area contributed by atoms with Crippen molar-refractivity contribution in [2.24, 2.45) is 5.92 Å². The number of amides is 2. The van der Waals surface area contributed by atoms with Crippen molar-refractivity contribution in [2.75, 3.05) is 6.61 Å². The summed E-state index contributed by atoms with van der Waals surface area (Å²) in [5.41, 5.74) is 4.09. The second kappa shape index (κ2) is 7.85. The van der Waals surface area contributed by atoms with Crippen LogP contribution in [0.15, 0.2) is 30.3 Å². The topological polar surface area (TPSA) is 66.8 Å². The molecule has 3 atom stereocenters. The summed E-state index contributed by atoms with van der Waals surface area (Å²) in [6.45, 7) is 7.95. The van der Waals surface area contributed by atoms with Gasteiger partial charge in [0.25, 0.3) is 0 Å². The second-order valence-electron chi connectivity index (χ2n) is 7.38. The number of hydrogen-bond acceptors (Lipinski definition) is 4. The van der Waals surface area contributed by atoms with Crippen LogP contribution in [0.25, 0.3) is 0 Å². The van der Waals surface area contributed by atoms with E-state index in [1.54, 1.807) is 6.92 Å². The smallest absolute Gasteiger partial charge is 0.416 e. The first-order chi connectivity index (χ1) is 11.7. The van der Waals surface area contributed by atoms with Gasteiger partial charge in [0.05, 0.1) is 12.0 Å². The molecule has 0 bridgehead atoms. The van der Waals surface area contributed by atoms with E-state index >= 15 is 0 Å². The highest BCUT2D eigenvalue weighted by Gasteiger charge is 2.41. The Morgan fingerprint density at radius 1 is 1.36 bits per heavy atom. The average molecular weight is 359 g/mol. The maximum Gasteiger partial charge on any atom is 0.416 e. The van der Waals surface area contributed by atoms with Gasteiger partial charge in [-0.15, -0.1) is 5.54 Å². The molecular formula is C19H25NO4Si. The van der Waals surface area contributed by atoms with Gasteiger partial charge < -0.3 is 9.84 Å². The molecule has 1 saturated heterocycles. The number of hydrogen-bond donors (Lipinski definition) is 1. The zero-order valence-electron chi connectivity index (χ0n) is 15.2. The summed E-state index contributed by atoms with van der Waals surface area (Å²) in [5.74, 6) is 1.55. The van der Waals surface area contributed by atoms with Crippen LogP contribution in [0.3, 0.4) is 0 Å². The van der Waals surface area contributed by atoms with Crippen molar-refractivity contribution in [2.45, 2.75) is 45.1 Å². The minimum atomic E-state index is -1.65. The van der Waals surface area contributed by atoms with Gasteiger partial charge >= 0.3 is 6.09 Å². The van der Waals surface area contributed by atoms with Gasteiger partial charge in [-0.25, -0.2) is 9.69 Å². The van der Waals surface area contributed by atoms with E-state index in [9.17, 15) is 14.7 Å². The fourth-order valence-corrected chi connectivity index (χ4v) is 3.12. The van der Waals surface area contributed by atoms with Crippen LogP contribution < -0.4 is 0 Å². The van der Waals surface area contributed by atoms with E-state index in [1.165, 1.54) is 0 Å². The number of cyclic esters (lactones) is 1. The number of benzene rings is 1. The van der Waals surface area contributed by atoms with Crippen LogP contribution in [-0.4, -0.2) is 48.8 Å². The molecule has 1 fully saturated rings. The quantitative estimate of drug-likeness (QED) is 0.662. The first-order valence-corrected chi connectivity index (χ1v) is 11.9. The molecule has 0 aromatic heterocycles. The zero-order chi connectivity index (χ0) is 18.6. The van der Waals surface area contributed by atoms with Gasteiger partial charge in [-0.1, -0.05) is 62.8 Å². The molecule has 2 amide bonds. The minimum Gasteiger partial charge on any atom is -0.447 e. The highest BCUT2D eigenvalue weighted by Crippen LogP contribution is 2.21. The molecule has 1 aromatic carbocycles. The minimum absolute atomic E-state index is 0.170. The van der Waals surface area contributed by atoms with E-state index in [0.29, 0.717) is 6.42 Å². The summed E-state index contributed by atoms with van der Waals surface area (Å²) in [5, 5.41) is 10.2. The molecular weight excluding hydrogens is 334 g/mol. The Morgan fingerprint density at radius 2 is 2.00 bits per heavy atom. The summed E-state index contributed by atoms with van der Waals surface area (Å²) in [7, 11) is -1.65. The van der Waals surface area contributed by atoms with Crippen molar-refractivity contribution < 1.29 is 19.4 Å². The van der Waals surface area contributed by atoms with Crippen LogP contribution in [0, 0.1) is 17.4 Å². The van der Waals surface area contributed by atoms with Gasteiger partial charge in [0, 0.05) is 0 Å². The van der Waals surface area contributed by atoms with Crippen molar-refractivity contribution in [1.29, 1.82) is 0 Å². The van der Waals surface area contributed by atoms with Crippen molar-refractivity contribution in [1.82, 2.24) is 4.90 Å². The van der Waals surface area contributed by atoms with Crippen LogP contribution >= 0.6 is 0 Å². The third kappa shape index (κ3) is 5.18. The standard InChI is InChI=1S/C19H25NO4Si/c1-14(17(21)10-11-25(2,3)4)18(22)20-16(13-24-19(20)23)12-15-8-6-5-7-9-15/h5-9,14,16-17,21H,12-13H2,1-4H3/t14-,16?,17-/m0/s1. The first kappa shape index (κ1) is 19.2. The maximum atomic E-state index is 12.7. The largest absolute Gasteiger partial charge is 0.447 e. The van der Waals surface area contributed by atoms with Gasteiger partial charge in [-0.2, -0.15) is 0 Å². The molecule has 1 aromatic rings. The van der Waals surface area contributed by atoms with E-state index < -0.39 is 32.1 Å². The number of aliphatic hydroxyl groups excluding tert-OH is 1. The zero-order valence-corrected chi connectivity index (χ0v) is 16.2. The first-order valence-electron chi connectivity index (χ1n) is 8.43. The summed E-state index contributed by atoms with van der Waals surface area (Å²) in [6.07, 6.45) is -1.21. The van der Waals surface area contributed by atoms with Gasteiger partial charge in [-0.3, -0.25) is 4.79 Å². The predicted octanol–water partition coefficient (Wildman–Crippen LogP) is 2.45. The molecule has 1 N–H and O–H groups in total. The molecule has 2 rings (SSSR count). The number of rotatable bonds is 4. The number of carbonyl (C=O) groups is 2. The van der Waals surface area contributed by atoms with Crippen LogP contribution in [0.1, 0.15) is 12.5 Å². The van der Waals surface area contributed by atoms with E-state index in [0.717, 1.165) is 10.5 Å². The van der Waals surface area contributed by atoms with E-state index in [2.05, 4.69) is 31.1 Å². The molecule has 1 aliphatic heterocycles. The Morgan fingerprint density at radius 3 is 2.60 bits per heavy atom. The Balaban J connectivity index is 2.11. The lowest BCUT2D eigenvalue weighted by molar-refractivity contribution is -0.135. The normalized spacial score (nSPS) is 19.6. The predicted molar refractivity (Wildman–Crippen MR) is 98.4 cm³/mol. The molecule has 0 spiro atoms. The summed E-state index contributed by atoms with van der Waals surface area (Å²) < 4.78 is 5.07. The van der Waals surface area contributed by atoms with E-state index in [4.69, 9.17) is 4.74 Å². The van der Waals surface area contributed by atoms with Gasteiger partial charge in [0.15, 0.2) is 0 Å². The lowest BCUT2D eigenvalue weighted by Crippen LogP contribution is -2.45. The fraction of sp³-hybridized carbons (Fsp3) is 0.474. The van der Waals surface area contributed by atoms with Crippen molar-refractivity contribution in [3.63, 3.8) is 0 Å². The van der Waals surface area contributed by atoms with Crippen LogP contribution in [0.2, 0.25) is 19.6 Å². The molecule has 1 heterocycles. The lowest BCUT2D eigenvalue weighted by atomic mass is 10.0. The SMILES string of the molecule is C[C@H](C(=O)N1C(=O)OCC1Cc1ccccc1)[C@@H](O)C#C[Si](C)(C)C. The molecule has 0 radical (unpaired) electrons. The van der Waals surface area contributed by atoms with Crippen LogP contribution in [0.5, 0.6) is 0 Å². The average Bonchev–Trinajstić information content (AvgIpc) is 2.92. The summed E-state index contributed by atoms with van der Waals surface area (Å²) in [6, 6.07) is 9.28. The molecule has 0 aliphatic carbocycles. The third-order valence-corrected chi connectivity index (χ3v) is 4.87. The van der Waals surface area contributed by atoms with Crippen molar-refractivity contribution >= 4 is 20.1 Å². The molecule has 1 unspecified atom stereocenters. The van der Waals surface area contributed by atoms with Crippen LogP contribution in [-0.2, 0) is 16.0 Å². The highest BCUT2D eigenvalue weighted by molar-refractivity contribution is 6.83. The molecule has 134 valence electrons. The van der Waals surface area contributed by atoms with Crippen molar-refractivity contribution in [3.8, 4) is 11.5 Å². The Labute approximate surface area is 150 Å². The second-order valence-corrected chi connectivity index (χ2v) is 12.1. The van der Waals surface area contributed by atoms with E-state index in [-0.39, 0.29) is 12.6 Å². The lowest BCUT2D eigenvalue weighted by Gasteiger charge is -2.24. The monoisotopic (exact) mass is 359 g/mol. The molecule has 5 nitrogen and oxygen atoms in total. The molecule has 0 saturated carbocycles. The van der Waals surface area contributed by atoms with Gasteiger partial charge in [0.1, 0.15) is 20.8 Å². The van der Waals surface area contributed by atoms with Crippen LogP contribution in [0.4, 0.5) is 4.79 Å². The third-order valence-electron chi connectivity index (χ3n) is 3.97. The summed E-state index contributed by atoms with van der Waals surface area (Å²) in [4.78, 5) is 25.9. The van der Waals surface area contributed by atoms with Crippen molar-refractivity contribution in [3.05, 3.63) is 35.9 Å². The highest BCUT2D eigenvalue weighted by atomic mass is 28.3. The number of imide groups is 1. The molecule has 1 aliphatic rings. The fourth-order valence-electron chi connectivity index (χ4n) is 2.54. The van der Waals surface area contributed by atoms with Gasteiger partial charge in [0.2, 0.25) is 5.91 Å². The maximum absolute atomic E-state index is 12.7.